The third kappa shape index (κ3) is 2.29. The zero-order chi connectivity index (χ0) is 18.2. The second-order valence-electron chi connectivity index (χ2n) is 9.03. The molecular formula is C17H24N2O5. The lowest BCUT2D eigenvalue weighted by Gasteiger charge is -2.31. The highest BCUT2D eigenvalue weighted by Crippen LogP contribution is 2.46. The molecule has 132 valence electrons. The van der Waals surface area contributed by atoms with Crippen LogP contribution in [0.1, 0.15) is 41.5 Å². The van der Waals surface area contributed by atoms with Crippen molar-refractivity contribution in [1.82, 2.24) is 9.80 Å². The van der Waals surface area contributed by atoms with Crippen LogP contribution in [-0.2, 0) is 23.9 Å². The van der Waals surface area contributed by atoms with Gasteiger partial charge in [-0.05, 0) is 26.2 Å². The summed E-state index contributed by atoms with van der Waals surface area (Å²) >= 11 is 0. The molecule has 3 aliphatic heterocycles. The highest BCUT2D eigenvalue weighted by atomic mass is 16.5. The van der Waals surface area contributed by atoms with Crippen LogP contribution in [0.25, 0.3) is 0 Å². The van der Waals surface area contributed by atoms with Crippen molar-refractivity contribution in [1.29, 1.82) is 0 Å². The van der Waals surface area contributed by atoms with Crippen LogP contribution in [0, 0.1) is 17.3 Å². The third-order valence-electron chi connectivity index (χ3n) is 4.67. The smallest absolute Gasteiger partial charge is 0.259 e. The molecule has 0 aromatic carbocycles. The zero-order valence-electron chi connectivity index (χ0n) is 15.0. The number of amides is 4. The molecule has 0 aromatic heterocycles. The fourth-order valence-corrected chi connectivity index (χ4v) is 3.81. The summed E-state index contributed by atoms with van der Waals surface area (Å²) in [5, 5.41) is 0. The minimum atomic E-state index is -1.02. The molecule has 0 aliphatic carbocycles. The number of rotatable bonds is 1. The van der Waals surface area contributed by atoms with Gasteiger partial charge in [0.2, 0.25) is 11.8 Å². The van der Waals surface area contributed by atoms with Crippen molar-refractivity contribution in [2.45, 2.75) is 59.3 Å². The summed E-state index contributed by atoms with van der Waals surface area (Å²) in [5.41, 5.74) is -0.940. The number of hydrogen-bond donors (Lipinski definition) is 0. The first kappa shape index (κ1) is 17.1. The van der Waals surface area contributed by atoms with Gasteiger partial charge >= 0.3 is 0 Å². The normalized spacial score (nSPS) is 33.6. The average Bonchev–Trinajstić information content (AvgIpc) is 2.96. The first-order valence-corrected chi connectivity index (χ1v) is 8.23. The number of nitrogens with zero attached hydrogens (tertiary/aromatic N) is 2. The van der Waals surface area contributed by atoms with Crippen LogP contribution < -0.4 is 0 Å². The molecule has 4 atom stereocenters. The first-order valence-electron chi connectivity index (χ1n) is 8.23. The molecule has 3 heterocycles. The Kier molecular flexibility index (Phi) is 3.47. The van der Waals surface area contributed by atoms with Crippen LogP contribution in [0.4, 0.5) is 0 Å². The van der Waals surface area contributed by atoms with Crippen LogP contribution in [0.3, 0.4) is 0 Å². The Morgan fingerprint density at radius 2 is 1.29 bits per heavy atom. The predicted octanol–water partition coefficient (Wildman–Crippen LogP) is 0.568. The van der Waals surface area contributed by atoms with E-state index in [0.29, 0.717) is 0 Å². The van der Waals surface area contributed by atoms with E-state index in [1.807, 2.05) is 20.8 Å². The van der Waals surface area contributed by atoms with Gasteiger partial charge in [-0.1, -0.05) is 20.8 Å². The molecule has 3 fully saturated rings. The summed E-state index contributed by atoms with van der Waals surface area (Å²) in [7, 11) is 0. The summed E-state index contributed by atoms with van der Waals surface area (Å²) in [5.74, 6) is -3.46. The minimum absolute atomic E-state index is 0.254. The first-order chi connectivity index (χ1) is 10.8. The van der Waals surface area contributed by atoms with Crippen molar-refractivity contribution >= 4 is 23.6 Å². The van der Waals surface area contributed by atoms with E-state index in [1.165, 1.54) is 9.80 Å². The van der Waals surface area contributed by atoms with Gasteiger partial charge in [0.05, 0.1) is 11.8 Å². The van der Waals surface area contributed by atoms with E-state index in [2.05, 4.69) is 0 Å². The molecule has 0 saturated carbocycles. The molecule has 4 unspecified atom stereocenters. The van der Waals surface area contributed by atoms with E-state index >= 15 is 0 Å². The average molecular weight is 336 g/mol. The molecule has 0 aromatic rings. The van der Waals surface area contributed by atoms with E-state index in [4.69, 9.17) is 4.74 Å². The Balaban J connectivity index is 1.92. The molecule has 3 saturated heterocycles. The van der Waals surface area contributed by atoms with Gasteiger partial charge in [-0.25, -0.2) is 0 Å². The maximum Gasteiger partial charge on any atom is 0.259 e. The van der Waals surface area contributed by atoms with Gasteiger partial charge in [0, 0.05) is 12.1 Å². The molecule has 4 amide bonds. The predicted molar refractivity (Wildman–Crippen MR) is 83.4 cm³/mol. The lowest BCUT2D eigenvalue weighted by atomic mass is 9.89. The highest BCUT2D eigenvalue weighted by Gasteiger charge is 2.68. The summed E-state index contributed by atoms with van der Waals surface area (Å²) in [6, 6.07) is 0. The monoisotopic (exact) mass is 336 g/mol. The summed E-state index contributed by atoms with van der Waals surface area (Å²) in [6.07, 6.45) is -2.03. The molecule has 0 radical (unpaired) electrons. The zero-order valence-corrected chi connectivity index (χ0v) is 15.0. The number of hydrogen-bond acceptors (Lipinski definition) is 5. The molecule has 0 N–H and O–H groups in total. The summed E-state index contributed by atoms with van der Waals surface area (Å²) < 4.78 is 5.62. The number of carbonyl (C=O) groups is 4. The standard InChI is InChI=1S/C17H24N2O5/c1-16(2,3)7-18-12(20)8-9-11(24-10(8)14(18)22)15(23)19(13(9)21)17(4,5)6/h8-11H,7H2,1-6H3. The Morgan fingerprint density at radius 1 is 0.792 bits per heavy atom. The maximum atomic E-state index is 12.8. The van der Waals surface area contributed by atoms with Crippen molar-refractivity contribution in [3.8, 4) is 0 Å². The van der Waals surface area contributed by atoms with E-state index in [1.54, 1.807) is 20.8 Å². The lowest BCUT2D eigenvalue weighted by molar-refractivity contribution is -0.151. The molecular weight excluding hydrogens is 312 g/mol. The van der Waals surface area contributed by atoms with E-state index in [0.717, 1.165) is 0 Å². The van der Waals surface area contributed by atoms with Crippen LogP contribution >= 0.6 is 0 Å². The topological polar surface area (TPSA) is 84.0 Å². The molecule has 0 bridgehead atoms. The van der Waals surface area contributed by atoms with E-state index < -0.39 is 53.2 Å². The van der Waals surface area contributed by atoms with Gasteiger partial charge in [0.25, 0.3) is 11.8 Å². The van der Waals surface area contributed by atoms with Gasteiger partial charge in [-0.3, -0.25) is 29.0 Å². The minimum Gasteiger partial charge on any atom is -0.354 e. The SMILES string of the molecule is CC(C)(C)CN1C(=O)C2OC3C(=O)N(C(C)(C)C)C(=O)C3C2C1=O. The summed E-state index contributed by atoms with van der Waals surface area (Å²) in [4.78, 5) is 53.0. The Morgan fingerprint density at radius 3 is 1.79 bits per heavy atom. The van der Waals surface area contributed by atoms with E-state index in [-0.39, 0.29) is 12.0 Å². The molecule has 0 spiro atoms. The summed E-state index contributed by atoms with van der Waals surface area (Å²) in [6.45, 7) is 11.3. The second-order valence-corrected chi connectivity index (χ2v) is 9.03. The Labute approximate surface area is 141 Å². The molecule has 3 aliphatic rings. The number of likely N-dealkylation sites (tertiary alicyclic amines) is 2. The van der Waals surface area contributed by atoms with Crippen molar-refractivity contribution in [3.05, 3.63) is 0 Å². The van der Waals surface area contributed by atoms with Crippen LogP contribution in [-0.4, -0.2) is 57.7 Å². The van der Waals surface area contributed by atoms with Gasteiger partial charge in [-0.15, -0.1) is 0 Å². The van der Waals surface area contributed by atoms with Crippen LogP contribution in [0.2, 0.25) is 0 Å². The van der Waals surface area contributed by atoms with Gasteiger partial charge in [-0.2, -0.15) is 0 Å². The fraction of sp³-hybridized carbons (Fsp3) is 0.765. The van der Waals surface area contributed by atoms with Gasteiger partial charge in [0.1, 0.15) is 0 Å². The number of carbonyl (C=O) groups excluding carboxylic acids is 4. The molecule has 7 nitrogen and oxygen atoms in total. The fourth-order valence-electron chi connectivity index (χ4n) is 3.81. The largest absolute Gasteiger partial charge is 0.354 e. The van der Waals surface area contributed by atoms with Gasteiger partial charge < -0.3 is 4.74 Å². The highest BCUT2D eigenvalue weighted by molar-refractivity contribution is 6.15. The Hall–Kier alpha value is -1.76. The van der Waals surface area contributed by atoms with Crippen molar-refractivity contribution < 1.29 is 23.9 Å². The molecule has 7 heteroatoms. The maximum absolute atomic E-state index is 12.8. The number of imide groups is 2. The number of fused-ring (bicyclic) bond motifs is 3. The third-order valence-corrected chi connectivity index (χ3v) is 4.67. The molecule has 3 rings (SSSR count). The van der Waals surface area contributed by atoms with Crippen LogP contribution in [0.5, 0.6) is 0 Å². The lowest BCUT2D eigenvalue weighted by Crippen LogP contribution is -2.48. The van der Waals surface area contributed by atoms with Crippen molar-refractivity contribution in [3.63, 3.8) is 0 Å². The second kappa shape index (κ2) is 4.88. The quantitative estimate of drug-likeness (QED) is 0.654. The van der Waals surface area contributed by atoms with Crippen molar-refractivity contribution in [2.75, 3.05) is 6.54 Å². The van der Waals surface area contributed by atoms with E-state index in [9.17, 15) is 19.2 Å². The number of ether oxygens (including phenoxy) is 1. The van der Waals surface area contributed by atoms with Crippen LogP contribution in [0.15, 0.2) is 0 Å². The van der Waals surface area contributed by atoms with Crippen molar-refractivity contribution in [2.24, 2.45) is 17.3 Å². The van der Waals surface area contributed by atoms with Gasteiger partial charge in [0.15, 0.2) is 12.2 Å². The Bertz CT molecular complexity index is 642. The molecule has 24 heavy (non-hydrogen) atoms.